The molecule has 0 saturated heterocycles. The van der Waals surface area contributed by atoms with Gasteiger partial charge in [-0.05, 0) is 30.9 Å². The third kappa shape index (κ3) is 3.43. The van der Waals surface area contributed by atoms with Gasteiger partial charge in [0, 0.05) is 19.3 Å². The molecule has 0 radical (unpaired) electrons. The largest absolute Gasteiger partial charge is 0.337 e. The number of amides is 1. The average Bonchev–Trinajstić information content (AvgIpc) is 2.71. The van der Waals surface area contributed by atoms with E-state index in [1.165, 1.54) is 0 Å². The van der Waals surface area contributed by atoms with Crippen LogP contribution in [0.3, 0.4) is 0 Å². The Morgan fingerprint density at radius 2 is 1.81 bits per heavy atom. The van der Waals surface area contributed by atoms with E-state index >= 15 is 0 Å². The maximum atomic E-state index is 13.0. The molecule has 2 aromatic rings. The van der Waals surface area contributed by atoms with Gasteiger partial charge in [-0.1, -0.05) is 33.8 Å². The Kier molecular flexibility index (Phi) is 4.66. The summed E-state index contributed by atoms with van der Waals surface area (Å²) in [4.78, 5) is 19.4. The van der Waals surface area contributed by atoms with Crippen molar-refractivity contribution >= 4 is 11.6 Å². The first-order valence-electron chi connectivity index (χ1n) is 7.63. The van der Waals surface area contributed by atoms with Crippen molar-refractivity contribution < 1.29 is 4.79 Å². The van der Waals surface area contributed by atoms with Gasteiger partial charge in [0.05, 0.1) is 5.69 Å². The lowest BCUT2D eigenvalue weighted by molar-refractivity contribution is 0.0707. The number of rotatable bonds is 5. The summed E-state index contributed by atoms with van der Waals surface area (Å²) >= 11 is 0. The first kappa shape index (κ1) is 15.5. The van der Waals surface area contributed by atoms with E-state index in [1.807, 2.05) is 40.6 Å². The van der Waals surface area contributed by atoms with Crippen LogP contribution in [-0.4, -0.2) is 33.3 Å². The molecule has 0 fully saturated rings. The van der Waals surface area contributed by atoms with Crippen LogP contribution >= 0.6 is 0 Å². The van der Waals surface area contributed by atoms with E-state index < -0.39 is 0 Å². The highest BCUT2D eigenvalue weighted by atomic mass is 16.2. The Hall–Kier alpha value is -1.84. The highest BCUT2D eigenvalue weighted by Crippen LogP contribution is 2.16. The number of aromatic nitrogens is 2. The fourth-order valence-corrected chi connectivity index (χ4v) is 2.64. The van der Waals surface area contributed by atoms with E-state index in [4.69, 9.17) is 0 Å². The predicted molar refractivity (Wildman–Crippen MR) is 85.5 cm³/mol. The molecular weight excluding hydrogens is 262 g/mol. The Morgan fingerprint density at radius 3 is 2.38 bits per heavy atom. The van der Waals surface area contributed by atoms with Crippen LogP contribution in [-0.2, 0) is 0 Å². The molecular formula is C17H25N3O. The molecule has 0 aromatic carbocycles. The number of hydrogen-bond donors (Lipinski definition) is 0. The monoisotopic (exact) mass is 287 g/mol. The van der Waals surface area contributed by atoms with Crippen molar-refractivity contribution in [3.63, 3.8) is 0 Å². The summed E-state index contributed by atoms with van der Waals surface area (Å²) < 4.78 is 1.89. The van der Waals surface area contributed by atoms with E-state index in [9.17, 15) is 4.79 Å². The van der Waals surface area contributed by atoms with Crippen molar-refractivity contribution in [1.29, 1.82) is 0 Å². The number of pyridine rings is 1. The van der Waals surface area contributed by atoms with E-state index in [-0.39, 0.29) is 5.91 Å². The first-order chi connectivity index (χ1) is 9.90. The summed E-state index contributed by atoms with van der Waals surface area (Å²) in [5.41, 5.74) is 2.31. The maximum absolute atomic E-state index is 13.0. The number of carbonyl (C=O) groups excluding carboxylic acids is 1. The van der Waals surface area contributed by atoms with Crippen LogP contribution in [0.5, 0.6) is 0 Å². The van der Waals surface area contributed by atoms with Gasteiger partial charge in [0.2, 0.25) is 0 Å². The minimum atomic E-state index is 0.0774. The van der Waals surface area contributed by atoms with Crippen LogP contribution in [0.1, 0.15) is 43.9 Å². The predicted octanol–water partition coefficient (Wildman–Crippen LogP) is 3.40. The molecule has 0 atom stereocenters. The lowest BCUT2D eigenvalue weighted by atomic mass is 10.1. The summed E-state index contributed by atoms with van der Waals surface area (Å²) in [6.45, 7) is 12.0. The zero-order valence-corrected chi connectivity index (χ0v) is 13.6. The normalized spacial score (nSPS) is 11.6. The fourth-order valence-electron chi connectivity index (χ4n) is 2.64. The van der Waals surface area contributed by atoms with Crippen molar-refractivity contribution in [2.45, 2.75) is 34.6 Å². The number of aryl methyl sites for hydroxylation is 1. The Balaban J connectivity index is 2.40. The van der Waals surface area contributed by atoms with Crippen LogP contribution in [0.15, 0.2) is 24.4 Å². The molecule has 2 aromatic heterocycles. The molecule has 0 aliphatic heterocycles. The molecule has 114 valence electrons. The molecule has 0 saturated carbocycles. The molecule has 1 amide bonds. The zero-order chi connectivity index (χ0) is 15.6. The van der Waals surface area contributed by atoms with Crippen molar-refractivity contribution in [1.82, 2.24) is 14.3 Å². The van der Waals surface area contributed by atoms with Gasteiger partial charge in [-0.15, -0.1) is 0 Å². The minimum Gasteiger partial charge on any atom is -0.337 e. The molecule has 0 bridgehead atoms. The summed E-state index contributed by atoms with van der Waals surface area (Å²) in [7, 11) is 0. The van der Waals surface area contributed by atoms with Crippen LogP contribution in [0.2, 0.25) is 0 Å². The number of imidazole rings is 1. The summed E-state index contributed by atoms with van der Waals surface area (Å²) in [5.74, 6) is 0.980. The van der Waals surface area contributed by atoms with Gasteiger partial charge in [0.15, 0.2) is 0 Å². The van der Waals surface area contributed by atoms with Gasteiger partial charge in [-0.25, -0.2) is 4.98 Å². The first-order valence-corrected chi connectivity index (χ1v) is 7.63. The Bertz CT molecular complexity index is 618. The molecule has 0 aliphatic carbocycles. The van der Waals surface area contributed by atoms with Gasteiger partial charge >= 0.3 is 0 Å². The van der Waals surface area contributed by atoms with E-state index in [0.717, 1.165) is 24.4 Å². The summed E-state index contributed by atoms with van der Waals surface area (Å²) in [6.07, 6.45) is 1.91. The smallest absolute Gasteiger partial charge is 0.272 e. The number of nitrogens with zero attached hydrogens (tertiary/aromatic N) is 3. The van der Waals surface area contributed by atoms with Gasteiger partial charge < -0.3 is 4.90 Å². The lowest BCUT2D eigenvalue weighted by Crippen LogP contribution is -2.37. The quantitative estimate of drug-likeness (QED) is 0.845. The molecule has 0 N–H and O–H groups in total. The summed E-state index contributed by atoms with van der Waals surface area (Å²) in [6, 6.07) is 5.80. The van der Waals surface area contributed by atoms with Crippen LogP contribution < -0.4 is 0 Å². The molecule has 4 heteroatoms. The average molecular weight is 287 g/mol. The highest BCUT2D eigenvalue weighted by Gasteiger charge is 2.23. The zero-order valence-electron chi connectivity index (χ0n) is 13.6. The van der Waals surface area contributed by atoms with Crippen LogP contribution in [0.25, 0.3) is 5.65 Å². The number of fused-ring (bicyclic) bond motifs is 1. The minimum absolute atomic E-state index is 0.0774. The standard InChI is InChI=1S/C17H25N3O/c1-12(2)10-19(11-13(3)4)17(21)16-14(5)18-15-8-6-7-9-20(15)16/h6-9,12-13H,10-11H2,1-5H3. The van der Waals surface area contributed by atoms with Crippen molar-refractivity contribution in [2.24, 2.45) is 11.8 Å². The Morgan fingerprint density at radius 1 is 1.19 bits per heavy atom. The molecule has 21 heavy (non-hydrogen) atoms. The topological polar surface area (TPSA) is 37.6 Å². The fraction of sp³-hybridized carbons (Fsp3) is 0.529. The molecule has 0 spiro atoms. The molecule has 2 rings (SSSR count). The second-order valence-electron chi connectivity index (χ2n) is 6.47. The lowest BCUT2D eigenvalue weighted by Gasteiger charge is -2.26. The maximum Gasteiger partial charge on any atom is 0.272 e. The van der Waals surface area contributed by atoms with Crippen molar-refractivity contribution in [3.05, 3.63) is 35.8 Å². The molecule has 0 aliphatic rings. The molecule has 4 nitrogen and oxygen atoms in total. The number of hydrogen-bond acceptors (Lipinski definition) is 2. The van der Waals surface area contributed by atoms with Crippen molar-refractivity contribution in [3.8, 4) is 0 Å². The van der Waals surface area contributed by atoms with E-state index in [2.05, 4.69) is 32.7 Å². The Labute approximate surface area is 126 Å². The second-order valence-corrected chi connectivity index (χ2v) is 6.47. The van der Waals surface area contributed by atoms with Gasteiger partial charge in [0.1, 0.15) is 11.3 Å². The van der Waals surface area contributed by atoms with E-state index in [1.54, 1.807) is 0 Å². The van der Waals surface area contributed by atoms with Crippen LogP contribution in [0.4, 0.5) is 0 Å². The van der Waals surface area contributed by atoms with Crippen LogP contribution in [0, 0.1) is 18.8 Å². The van der Waals surface area contributed by atoms with E-state index in [0.29, 0.717) is 17.5 Å². The van der Waals surface area contributed by atoms with Crippen molar-refractivity contribution in [2.75, 3.05) is 13.1 Å². The third-order valence-corrected chi connectivity index (χ3v) is 3.37. The second kappa shape index (κ2) is 6.29. The highest BCUT2D eigenvalue weighted by molar-refractivity contribution is 5.94. The number of carbonyl (C=O) groups is 1. The van der Waals surface area contributed by atoms with Gasteiger partial charge in [-0.3, -0.25) is 9.20 Å². The van der Waals surface area contributed by atoms with Gasteiger partial charge in [-0.2, -0.15) is 0 Å². The van der Waals surface area contributed by atoms with Gasteiger partial charge in [0.25, 0.3) is 5.91 Å². The molecule has 0 unspecified atom stereocenters. The molecule has 2 heterocycles. The third-order valence-electron chi connectivity index (χ3n) is 3.37. The SMILES string of the molecule is Cc1nc2ccccn2c1C(=O)N(CC(C)C)CC(C)C. The summed E-state index contributed by atoms with van der Waals surface area (Å²) in [5, 5.41) is 0.